The van der Waals surface area contributed by atoms with Crippen molar-refractivity contribution in [3.63, 3.8) is 0 Å². The molecule has 0 radical (unpaired) electrons. The third-order valence-electron chi connectivity index (χ3n) is 6.88. The quantitative estimate of drug-likeness (QED) is 0.284. The largest absolute Gasteiger partial charge is 0.497 e. The Hall–Kier alpha value is -4.17. The van der Waals surface area contributed by atoms with Gasteiger partial charge in [-0.15, -0.1) is 0 Å². The molecule has 0 saturated carbocycles. The molecule has 5 rings (SSSR count). The van der Waals surface area contributed by atoms with Gasteiger partial charge in [0.2, 0.25) is 5.91 Å². The van der Waals surface area contributed by atoms with Gasteiger partial charge in [-0.1, -0.05) is 31.2 Å². The summed E-state index contributed by atoms with van der Waals surface area (Å²) >= 11 is 5.81. The van der Waals surface area contributed by atoms with Gasteiger partial charge in [-0.3, -0.25) is 9.78 Å². The standard InChI is InChI=1S/C30H31N5O2S/c1-3-21-9-4-5-10-24(21)32-27(36)17-20-35-29(28(33-30(35)38)25-11-6-7-18-31-25)26-12-8-19-34(26)22-13-15-23(37-2)16-14-22/h4-16,18-19,28-29H,3,17,20H2,1-2H3,(H,32,36)(H,33,38)/t28-,29-/m1/s1. The van der Waals surface area contributed by atoms with Crippen LogP contribution in [0.25, 0.3) is 5.69 Å². The molecule has 1 aliphatic rings. The highest BCUT2D eigenvalue weighted by Gasteiger charge is 2.41. The molecule has 1 saturated heterocycles. The van der Waals surface area contributed by atoms with E-state index in [2.05, 4.69) is 38.1 Å². The van der Waals surface area contributed by atoms with Gasteiger partial charge in [-0.25, -0.2) is 0 Å². The average Bonchev–Trinajstić information content (AvgIpc) is 3.57. The molecule has 0 aliphatic carbocycles. The second kappa shape index (κ2) is 11.5. The molecular weight excluding hydrogens is 494 g/mol. The van der Waals surface area contributed by atoms with Gasteiger partial charge in [0.1, 0.15) is 5.75 Å². The van der Waals surface area contributed by atoms with Crippen molar-refractivity contribution in [2.75, 3.05) is 19.0 Å². The zero-order valence-electron chi connectivity index (χ0n) is 21.5. The summed E-state index contributed by atoms with van der Waals surface area (Å²) in [5.41, 5.74) is 4.93. The summed E-state index contributed by atoms with van der Waals surface area (Å²) in [7, 11) is 1.66. The van der Waals surface area contributed by atoms with E-state index < -0.39 is 0 Å². The van der Waals surface area contributed by atoms with E-state index >= 15 is 0 Å². The lowest BCUT2D eigenvalue weighted by atomic mass is 10.0. The van der Waals surface area contributed by atoms with Crippen molar-refractivity contribution in [1.82, 2.24) is 19.8 Å². The molecule has 38 heavy (non-hydrogen) atoms. The van der Waals surface area contributed by atoms with E-state index in [1.165, 1.54) is 0 Å². The van der Waals surface area contributed by atoms with Crippen LogP contribution in [-0.2, 0) is 11.2 Å². The first-order valence-electron chi connectivity index (χ1n) is 12.8. The summed E-state index contributed by atoms with van der Waals surface area (Å²) in [6.45, 7) is 2.55. The lowest BCUT2D eigenvalue weighted by molar-refractivity contribution is -0.116. The fourth-order valence-corrected chi connectivity index (χ4v) is 5.30. The number of nitrogens with zero attached hydrogens (tertiary/aromatic N) is 3. The van der Waals surface area contributed by atoms with Crippen LogP contribution in [0.2, 0.25) is 0 Å². The first-order valence-corrected chi connectivity index (χ1v) is 13.2. The smallest absolute Gasteiger partial charge is 0.226 e. The first kappa shape index (κ1) is 25.5. The average molecular weight is 526 g/mol. The third kappa shape index (κ3) is 5.26. The molecule has 2 atom stereocenters. The molecule has 0 spiro atoms. The van der Waals surface area contributed by atoms with E-state index in [0.717, 1.165) is 40.5 Å². The van der Waals surface area contributed by atoms with Gasteiger partial charge in [0, 0.05) is 42.4 Å². The van der Waals surface area contributed by atoms with Crippen molar-refractivity contribution in [3.05, 3.63) is 108 Å². The molecule has 7 nitrogen and oxygen atoms in total. The van der Waals surface area contributed by atoms with Crippen molar-refractivity contribution < 1.29 is 9.53 Å². The highest BCUT2D eigenvalue weighted by molar-refractivity contribution is 7.80. The molecule has 0 bridgehead atoms. The Bertz CT molecular complexity index is 1400. The molecule has 0 unspecified atom stereocenters. The summed E-state index contributed by atoms with van der Waals surface area (Å²) in [4.78, 5) is 19.7. The number of aromatic nitrogens is 2. The number of carbonyl (C=O) groups is 1. The Morgan fingerprint density at radius 2 is 1.84 bits per heavy atom. The van der Waals surface area contributed by atoms with E-state index in [1.54, 1.807) is 13.3 Å². The fourth-order valence-electron chi connectivity index (χ4n) is 4.97. The number of ether oxygens (including phenoxy) is 1. The van der Waals surface area contributed by atoms with Gasteiger partial charge in [0.05, 0.1) is 24.9 Å². The third-order valence-corrected chi connectivity index (χ3v) is 7.24. The molecule has 3 heterocycles. The second-order valence-corrected chi connectivity index (χ2v) is 9.52. The van der Waals surface area contributed by atoms with Crippen molar-refractivity contribution in [3.8, 4) is 11.4 Å². The van der Waals surface area contributed by atoms with Gasteiger partial charge in [0.15, 0.2) is 5.11 Å². The van der Waals surface area contributed by atoms with Crippen LogP contribution in [-0.4, -0.2) is 39.1 Å². The summed E-state index contributed by atoms with van der Waals surface area (Å²) < 4.78 is 7.50. The summed E-state index contributed by atoms with van der Waals surface area (Å²) in [6.07, 6.45) is 4.99. The number of hydrogen-bond acceptors (Lipinski definition) is 4. The molecule has 1 amide bonds. The minimum Gasteiger partial charge on any atom is -0.497 e. The maximum atomic E-state index is 13.0. The Morgan fingerprint density at radius 3 is 2.58 bits per heavy atom. The molecule has 1 aliphatic heterocycles. The Balaban J connectivity index is 1.43. The van der Waals surface area contributed by atoms with E-state index in [4.69, 9.17) is 17.0 Å². The maximum absolute atomic E-state index is 13.0. The molecule has 2 aromatic heterocycles. The van der Waals surface area contributed by atoms with Crippen LogP contribution < -0.4 is 15.4 Å². The van der Waals surface area contributed by atoms with Crippen LogP contribution in [0.4, 0.5) is 5.69 Å². The number of methoxy groups -OCH3 is 1. The number of aryl methyl sites for hydroxylation is 1. The Labute approximate surface area is 228 Å². The number of hydrogen-bond donors (Lipinski definition) is 2. The normalized spacial score (nSPS) is 16.8. The van der Waals surface area contributed by atoms with Crippen LogP contribution in [0.3, 0.4) is 0 Å². The molecule has 4 aromatic rings. The highest BCUT2D eigenvalue weighted by Crippen LogP contribution is 2.39. The monoisotopic (exact) mass is 525 g/mol. The number of anilines is 1. The zero-order valence-corrected chi connectivity index (χ0v) is 22.3. The van der Waals surface area contributed by atoms with Crippen LogP contribution in [0.1, 0.15) is 42.4 Å². The van der Waals surface area contributed by atoms with Gasteiger partial charge in [0.25, 0.3) is 0 Å². The van der Waals surface area contributed by atoms with E-state index in [9.17, 15) is 4.79 Å². The van der Waals surface area contributed by atoms with E-state index in [0.29, 0.717) is 18.1 Å². The summed E-state index contributed by atoms with van der Waals surface area (Å²) in [5, 5.41) is 7.17. The predicted molar refractivity (Wildman–Crippen MR) is 154 cm³/mol. The minimum absolute atomic E-state index is 0.0423. The zero-order chi connectivity index (χ0) is 26.5. The van der Waals surface area contributed by atoms with Crippen molar-refractivity contribution in [2.24, 2.45) is 0 Å². The van der Waals surface area contributed by atoms with Crippen LogP contribution in [0.15, 0.2) is 91.3 Å². The molecule has 194 valence electrons. The molecule has 2 aromatic carbocycles. The number of thiocarbonyl (C=S) groups is 1. The topological polar surface area (TPSA) is 71.4 Å². The van der Waals surface area contributed by atoms with Crippen molar-refractivity contribution in [2.45, 2.75) is 31.8 Å². The first-order chi connectivity index (χ1) is 18.6. The minimum atomic E-state index is -0.167. The number of pyridine rings is 1. The maximum Gasteiger partial charge on any atom is 0.226 e. The van der Waals surface area contributed by atoms with Gasteiger partial charge < -0.3 is 24.8 Å². The number of benzene rings is 2. The number of rotatable bonds is 9. The van der Waals surface area contributed by atoms with Crippen LogP contribution in [0.5, 0.6) is 5.75 Å². The van der Waals surface area contributed by atoms with Crippen molar-refractivity contribution in [1.29, 1.82) is 0 Å². The lowest BCUT2D eigenvalue weighted by Crippen LogP contribution is -2.33. The number of para-hydroxylation sites is 1. The number of nitrogens with one attached hydrogen (secondary N) is 2. The molecule has 2 N–H and O–H groups in total. The summed E-state index contributed by atoms with van der Waals surface area (Å²) in [5.74, 6) is 0.758. The van der Waals surface area contributed by atoms with Gasteiger partial charge in [-0.05, 0) is 78.8 Å². The van der Waals surface area contributed by atoms with E-state index in [1.807, 2.05) is 79.0 Å². The fraction of sp³-hybridized carbons (Fsp3) is 0.233. The van der Waals surface area contributed by atoms with Crippen LogP contribution in [0, 0.1) is 0 Å². The Morgan fingerprint density at radius 1 is 1.05 bits per heavy atom. The predicted octanol–water partition coefficient (Wildman–Crippen LogP) is 5.44. The number of amides is 1. The Kier molecular flexibility index (Phi) is 7.70. The molecule has 8 heteroatoms. The van der Waals surface area contributed by atoms with Gasteiger partial charge in [-0.2, -0.15) is 0 Å². The number of carbonyl (C=O) groups excluding carboxylic acids is 1. The second-order valence-electron chi connectivity index (χ2n) is 9.13. The van der Waals surface area contributed by atoms with Gasteiger partial charge >= 0.3 is 0 Å². The lowest BCUT2D eigenvalue weighted by Gasteiger charge is -2.29. The summed E-state index contributed by atoms with van der Waals surface area (Å²) in [6, 6.07) is 25.6. The van der Waals surface area contributed by atoms with Crippen LogP contribution >= 0.6 is 12.2 Å². The SMILES string of the molecule is CCc1ccccc1NC(=O)CCN1C(=S)N[C@H](c2ccccn2)[C@H]1c1cccn1-c1ccc(OC)cc1. The van der Waals surface area contributed by atoms with Crippen molar-refractivity contribution >= 4 is 28.9 Å². The molecular formula is C30H31N5O2S. The van der Waals surface area contributed by atoms with E-state index in [-0.39, 0.29) is 18.0 Å². The molecule has 1 fully saturated rings. The highest BCUT2D eigenvalue weighted by atomic mass is 32.1.